The van der Waals surface area contributed by atoms with Crippen LogP contribution in [-0.4, -0.2) is 11.5 Å². The van der Waals surface area contributed by atoms with E-state index in [-0.39, 0.29) is 0 Å². The summed E-state index contributed by atoms with van der Waals surface area (Å²) in [5.41, 5.74) is 7.73. The van der Waals surface area contributed by atoms with Crippen molar-refractivity contribution in [3.8, 4) is 0 Å². The first kappa shape index (κ1) is 10.0. The Labute approximate surface area is 95.6 Å². The maximum absolute atomic E-state index is 6.06. The van der Waals surface area contributed by atoms with Gasteiger partial charge in [0.25, 0.3) is 0 Å². The van der Waals surface area contributed by atoms with E-state index in [0.717, 1.165) is 26.9 Å². The van der Waals surface area contributed by atoms with Gasteiger partial charge in [-0.25, -0.2) is 0 Å². The Bertz CT molecular complexity index is 464. The Balaban J connectivity index is 2.70. The van der Waals surface area contributed by atoms with E-state index in [1.54, 1.807) is 0 Å². The van der Waals surface area contributed by atoms with Crippen molar-refractivity contribution in [3.05, 3.63) is 33.4 Å². The number of nitrogens with one attached hydrogen (secondary N) is 1. The van der Waals surface area contributed by atoms with Gasteiger partial charge in [0.15, 0.2) is 0 Å². The Morgan fingerprint density at radius 2 is 2.21 bits per heavy atom. The summed E-state index contributed by atoms with van der Waals surface area (Å²) in [5, 5.41) is 1.89. The van der Waals surface area contributed by atoms with Crippen molar-refractivity contribution in [1.82, 2.24) is 4.98 Å². The largest absolute Gasteiger partial charge is 0.348 e. The molecule has 0 atom stereocenters. The van der Waals surface area contributed by atoms with Crippen LogP contribution in [-0.2, 0) is 6.42 Å². The fourth-order valence-corrected chi connectivity index (χ4v) is 2.43. The number of hydrogen-bond acceptors (Lipinski definition) is 1. The van der Waals surface area contributed by atoms with E-state index in [9.17, 15) is 0 Å². The number of nitrogens with two attached hydrogens (primary N) is 1. The Kier molecular flexibility index (Phi) is 2.81. The molecule has 1 aromatic heterocycles. The molecule has 0 radical (unpaired) electrons. The van der Waals surface area contributed by atoms with Gasteiger partial charge in [0.2, 0.25) is 0 Å². The smallest absolute Gasteiger partial charge is 0.0864 e. The minimum Gasteiger partial charge on any atom is -0.348 e. The summed E-state index contributed by atoms with van der Waals surface area (Å²) in [7, 11) is 0. The molecule has 2 nitrogen and oxygen atoms in total. The molecule has 2 rings (SSSR count). The van der Waals surface area contributed by atoms with E-state index in [4.69, 9.17) is 17.3 Å². The van der Waals surface area contributed by atoms with Crippen LogP contribution in [0.25, 0.3) is 10.9 Å². The van der Waals surface area contributed by atoms with Crippen LogP contribution in [0.2, 0.25) is 5.02 Å². The number of benzene rings is 1. The topological polar surface area (TPSA) is 41.8 Å². The van der Waals surface area contributed by atoms with Gasteiger partial charge in [0.1, 0.15) is 0 Å². The zero-order valence-electron chi connectivity index (χ0n) is 7.48. The monoisotopic (exact) mass is 272 g/mol. The standard InChI is InChI=1S/C10H10BrClN2/c11-10-7(4-5-13)6-2-1-3-8(12)9(6)14-10/h1-3,14H,4-5,13H2. The zero-order chi connectivity index (χ0) is 10.1. The maximum Gasteiger partial charge on any atom is 0.0864 e. The van der Waals surface area contributed by atoms with E-state index in [0.29, 0.717) is 6.54 Å². The molecule has 74 valence electrons. The van der Waals surface area contributed by atoms with Crippen molar-refractivity contribution in [2.45, 2.75) is 6.42 Å². The highest BCUT2D eigenvalue weighted by Gasteiger charge is 2.10. The third kappa shape index (κ3) is 1.56. The number of rotatable bonds is 2. The SMILES string of the molecule is NCCc1c(Br)[nH]c2c(Cl)cccc12. The molecule has 0 aliphatic rings. The predicted molar refractivity (Wildman–Crippen MR) is 63.8 cm³/mol. The fraction of sp³-hybridized carbons (Fsp3) is 0.200. The lowest BCUT2D eigenvalue weighted by molar-refractivity contribution is 0.970. The first-order valence-corrected chi connectivity index (χ1v) is 5.55. The third-order valence-electron chi connectivity index (χ3n) is 2.23. The van der Waals surface area contributed by atoms with Gasteiger partial charge >= 0.3 is 0 Å². The summed E-state index contributed by atoms with van der Waals surface area (Å²) < 4.78 is 0.978. The average molecular weight is 274 g/mol. The summed E-state index contributed by atoms with van der Waals surface area (Å²) in [5.74, 6) is 0. The lowest BCUT2D eigenvalue weighted by Crippen LogP contribution is -2.02. The highest BCUT2D eigenvalue weighted by Crippen LogP contribution is 2.30. The average Bonchev–Trinajstić information content (AvgIpc) is 2.47. The van der Waals surface area contributed by atoms with Gasteiger partial charge in [-0.15, -0.1) is 0 Å². The summed E-state index contributed by atoms with van der Waals surface area (Å²) in [4.78, 5) is 3.21. The molecule has 0 aliphatic heterocycles. The van der Waals surface area contributed by atoms with E-state index in [1.807, 2.05) is 18.2 Å². The molecule has 0 spiro atoms. The minimum atomic E-state index is 0.637. The van der Waals surface area contributed by atoms with Crippen LogP contribution in [0.5, 0.6) is 0 Å². The molecule has 0 fully saturated rings. The van der Waals surface area contributed by atoms with Gasteiger partial charge in [-0.3, -0.25) is 0 Å². The molecule has 4 heteroatoms. The van der Waals surface area contributed by atoms with E-state index in [1.165, 1.54) is 5.56 Å². The van der Waals surface area contributed by atoms with Gasteiger partial charge < -0.3 is 10.7 Å². The Morgan fingerprint density at radius 1 is 1.43 bits per heavy atom. The zero-order valence-corrected chi connectivity index (χ0v) is 9.82. The molecule has 0 unspecified atom stereocenters. The summed E-state index contributed by atoms with van der Waals surface area (Å²) >= 11 is 9.53. The second-order valence-corrected chi connectivity index (χ2v) is 4.32. The summed E-state index contributed by atoms with van der Waals surface area (Å²) in [6.07, 6.45) is 0.848. The fourth-order valence-electron chi connectivity index (χ4n) is 1.59. The quantitative estimate of drug-likeness (QED) is 0.867. The third-order valence-corrected chi connectivity index (χ3v) is 3.22. The molecule has 0 bridgehead atoms. The highest BCUT2D eigenvalue weighted by atomic mass is 79.9. The van der Waals surface area contributed by atoms with Crippen LogP contribution in [0.4, 0.5) is 0 Å². The first-order valence-electron chi connectivity index (χ1n) is 4.38. The molecule has 0 saturated carbocycles. The van der Waals surface area contributed by atoms with Crippen molar-refractivity contribution in [3.63, 3.8) is 0 Å². The van der Waals surface area contributed by atoms with Crippen molar-refractivity contribution >= 4 is 38.4 Å². The molecule has 0 saturated heterocycles. The highest BCUT2D eigenvalue weighted by molar-refractivity contribution is 9.10. The van der Waals surface area contributed by atoms with E-state index in [2.05, 4.69) is 20.9 Å². The molecular formula is C10H10BrClN2. The number of aromatic nitrogens is 1. The molecule has 1 heterocycles. The number of hydrogen-bond donors (Lipinski definition) is 2. The van der Waals surface area contributed by atoms with Crippen molar-refractivity contribution in [2.24, 2.45) is 5.73 Å². The van der Waals surface area contributed by atoms with Gasteiger partial charge in [-0.05, 0) is 40.5 Å². The molecule has 2 aromatic rings. The van der Waals surface area contributed by atoms with Crippen molar-refractivity contribution < 1.29 is 0 Å². The van der Waals surface area contributed by atoms with Crippen LogP contribution in [0.3, 0.4) is 0 Å². The number of aromatic amines is 1. The first-order chi connectivity index (χ1) is 6.74. The van der Waals surface area contributed by atoms with Crippen LogP contribution in [0.1, 0.15) is 5.56 Å². The molecule has 1 aromatic carbocycles. The van der Waals surface area contributed by atoms with Gasteiger partial charge in [-0.1, -0.05) is 23.7 Å². The Morgan fingerprint density at radius 3 is 2.93 bits per heavy atom. The van der Waals surface area contributed by atoms with Crippen molar-refractivity contribution in [2.75, 3.05) is 6.54 Å². The predicted octanol–water partition coefficient (Wildman–Crippen LogP) is 3.09. The number of para-hydroxylation sites is 1. The number of H-pyrrole nitrogens is 1. The normalized spacial score (nSPS) is 11.1. The summed E-state index contributed by atoms with van der Waals surface area (Å²) in [6.45, 7) is 0.637. The molecular weight excluding hydrogens is 263 g/mol. The molecule has 14 heavy (non-hydrogen) atoms. The van der Waals surface area contributed by atoms with Gasteiger partial charge in [0.05, 0.1) is 15.1 Å². The lowest BCUT2D eigenvalue weighted by Gasteiger charge is -1.97. The van der Waals surface area contributed by atoms with E-state index < -0.39 is 0 Å². The van der Waals surface area contributed by atoms with Crippen LogP contribution in [0.15, 0.2) is 22.8 Å². The van der Waals surface area contributed by atoms with E-state index >= 15 is 0 Å². The minimum absolute atomic E-state index is 0.637. The molecule has 0 amide bonds. The van der Waals surface area contributed by atoms with Crippen LogP contribution in [0, 0.1) is 0 Å². The second kappa shape index (κ2) is 3.93. The Hall–Kier alpha value is -0.510. The van der Waals surface area contributed by atoms with Crippen LogP contribution >= 0.6 is 27.5 Å². The van der Waals surface area contributed by atoms with Gasteiger partial charge in [-0.2, -0.15) is 0 Å². The number of halogens is 2. The van der Waals surface area contributed by atoms with Gasteiger partial charge in [0, 0.05) is 5.39 Å². The second-order valence-electron chi connectivity index (χ2n) is 3.12. The molecule has 3 N–H and O–H groups in total. The maximum atomic E-state index is 6.06. The number of fused-ring (bicyclic) bond motifs is 1. The van der Waals surface area contributed by atoms with Crippen LogP contribution < -0.4 is 5.73 Å². The van der Waals surface area contributed by atoms with Crippen molar-refractivity contribution in [1.29, 1.82) is 0 Å². The molecule has 0 aliphatic carbocycles. The summed E-state index contributed by atoms with van der Waals surface area (Å²) in [6, 6.07) is 5.87. The lowest BCUT2D eigenvalue weighted by atomic mass is 10.1.